The van der Waals surface area contributed by atoms with E-state index in [0.29, 0.717) is 0 Å². The molecule has 0 aliphatic rings. The topological polar surface area (TPSA) is 65.3 Å². The zero-order valence-corrected chi connectivity index (χ0v) is 9.36. The van der Waals surface area contributed by atoms with Crippen LogP contribution >= 0.6 is 11.6 Å². The second-order valence-electron chi connectivity index (χ2n) is 3.22. The lowest BCUT2D eigenvalue weighted by Crippen LogP contribution is -1.95. The van der Waals surface area contributed by atoms with Gasteiger partial charge in [-0.1, -0.05) is 11.6 Å². The van der Waals surface area contributed by atoms with E-state index in [-0.39, 0.29) is 27.4 Å². The number of benzene rings is 1. The molecule has 0 unspecified atom stereocenters. The van der Waals surface area contributed by atoms with Gasteiger partial charge < -0.3 is 4.74 Å². The number of ether oxygens (including phenoxy) is 1. The molecule has 7 heteroatoms. The van der Waals surface area contributed by atoms with Gasteiger partial charge in [-0.2, -0.15) is 0 Å². The Balaban J connectivity index is 2.86. The van der Waals surface area contributed by atoms with Crippen LogP contribution in [0.3, 0.4) is 0 Å². The van der Waals surface area contributed by atoms with E-state index in [1.54, 1.807) is 0 Å². The molecule has 0 saturated heterocycles. The molecule has 2 aromatic rings. The average Bonchev–Trinajstić information content (AvgIpc) is 2.28. The number of pyridine rings is 1. The normalized spacial score (nSPS) is 10.5. The van der Waals surface area contributed by atoms with Gasteiger partial charge in [0.2, 0.25) is 0 Å². The number of hydrogen-bond acceptors (Lipinski definition) is 4. The number of fused-ring (bicyclic) bond motifs is 1. The first kappa shape index (κ1) is 11.5. The highest BCUT2D eigenvalue weighted by atomic mass is 35.5. The molecule has 1 aromatic carbocycles. The number of hydrogen-bond donors (Lipinski definition) is 0. The molecular formula is C10H6ClFN2O3. The number of rotatable bonds is 2. The maximum absolute atomic E-state index is 13.3. The van der Waals surface area contributed by atoms with Crippen molar-refractivity contribution in [1.82, 2.24) is 4.98 Å². The van der Waals surface area contributed by atoms with E-state index < -0.39 is 10.7 Å². The molecule has 2 rings (SSSR count). The number of nitro groups is 1. The van der Waals surface area contributed by atoms with Crippen molar-refractivity contribution in [3.8, 4) is 5.75 Å². The zero-order valence-electron chi connectivity index (χ0n) is 8.61. The number of methoxy groups -OCH3 is 1. The molecule has 1 aromatic heterocycles. The monoisotopic (exact) mass is 256 g/mol. The second-order valence-corrected chi connectivity index (χ2v) is 3.60. The SMILES string of the molecule is COc1cc(F)cc2c(Cl)c([N+](=O)[O-])cnc12. The van der Waals surface area contributed by atoms with Crippen LogP contribution in [0.5, 0.6) is 5.75 Å². The summed E-state index contributed by atoms with van der Waals surface area (Å²) in [6, 6.07) is 2.22. The molecule has 0 fully saturated rings. The summed E-state index contributed by atoms with van der Waals surface area (Å²) in [5.74, 6) is -0.421. The molecule has 0 amide bonds. The van der Waals surface area contributed by atoms with E-state index in [2.05, 4.69) is 4.98 Å². The fourth-order valence-electron chi connectivity index (χ4n) is 1.48. The fourth-order valence-corrected chi connectivity index (χ4v) is 1.74. The largest absolute Gasteiger partial charge is 0.494 e. The molecule has 0 radical (unpaired) electrons. The standard InChI is InChI=1S/C10H6ClFN2O3/c1-17-8-3-5(12)2-6-9(11)7(14(15)16)4-13-10(6)8/h2-4H,1H3. The highest BCUT2D eigenvalue weighted by molar-refractivity contribution is 6.37. The Bertz CT molecular complexity index is 618. The minimum absolute atomic E-state index is 0.151. The van der Waals surface area contributed by atoms with Crippen LogP contribution in [-0.2, 0) is 0 Å². The van der Waals surface area contributed by atoms with Crippen molar-refractivity contribution in [2.75, 3.05) is 7.11 Å². The maximum atomic E-state index is 13.3. The summed E-state index contributed by atoms with van der Waals surface area (Å²) in [5, 5.41) is 10.7. The Hall–Kier alpha value is -1.95. The third-order valence-electron chi connectivity index (χ3n) is 2.23. The van der Waals surface area contributed by atoms with Crippen LogP contribution in [0.15, 0.2) is 18.3 Å². The third-order valence-corrected chi connectivity index (χ3v) is 2.63. The second kappa shape index (κ2) is 4.14. The summed E-state index contributed by atoms with van der Waals surface area (Å²) < 4.78 is 18.2. The van der Waals surface area contributed by atoms with E-state index >= 15 is 0 Å². The van der Waals surface area contributed by atoms with Gasteiger partial charge in [0.05, 0.1) is 12.0 Å². The lowest BCUT2D eigenvalue weighted by molar-refractivity contribution is -0.384. The molecule has 0 spiro atoms. The van der Waals surface area contributed by atoms with E-state index in [1.807, 2.05) is 0 Å². The molecule has 0 aliphatic carbocycles. The van der Waals surface area contributed by atoms with E-state index in [4.69, 9.17) is 16.3 Å². The molecule has 17 heavy (non-hydrogen) atoms. The van der Waals surface area contributed by atoms with Gasteiger partial charge in [0, 0.05) is 11.5 Å². The number of aromatic nitrogens is 1. The van der Waals surface area contributed by atoms with E-state index in [9.17, 15) is 14.5 Å². The summed E-state index contributed by atoms with van der Waals surface area (Å²) in [6.07, 6.45) is 1.02. The van der Waals surface area contributed by atoms with Gasteiger partial charge in [-0.05, 0) is 6.07 Å². The van der Waals surface area contributed by atoms with Gasteiger partial charge in [-0.25, -0.2) is 9.37 Å². The molecule has 1 heterocycles. The van der Waals surface area contributed by atoms with Crippen molar-refractivity contribution >= 4 is 28.2 Å². The van der Waals surface area contributed by atoms with Gasteiger partial charge in [-0.15, -0.1) is 0 Å². The summed E-state index contributed by atoms with van der Waals surface area (Å²) in [6.45, 7) is 0. The Morgan fingerprint density at radius 1 is 1.53 bits per heavy atom. The summed E-state index contributed by atoms with van der Waals surface area (Å²) in [7, 11) is 1.35. The van der Waals surface area contributed by atoms with Gasteiger partial charge in [0.1, 0.15) is 28.3 Å². The Morgan fingerprint density at radius 2 is 2.24 bits per heavy atom. The first-order valence-electron chi connectivity index (χ1n) is 4.50. The predicted molar refractivity (Wildman–Crippen MR) is 59.9 cm³/mol. The van der Waals surface area contributed by atoms with Crippen LogP contribution in [0.25, 0.3) is 10.9 Å². The van der Waals surface area contributed by atoms with Gasteiger partial charge in [-0.3, -0.25) is 10.1 Å². The van der Waals surface area contributed by atoms with Crippen LogP contribution in [0.2, 0.25) is 5.02 Å². The van der Waals surface area contributed by atoms with Gasteiger partial charge >= 0.3 is 5.69 Å². The van der Waals surface area contributed by atoms with Crippen LogP contribution in [0.1, 0.15) is 0 Å². The van der Waals surface area contributed by atoms with Crippen LogP contribution < -0.4 is 4.74 Å². The lowest BCUT2D eigenvalue weighted by atomic mass is 10.2. The minimum atomic E-state index is -0.674. The van der Waals surface area contributed by atoms with Crippen molar-refractivity contribution in [1.29, 1.82) is 0 Å². The van der Waals surface area contributed by atoms with Crippen molar-refractivity contribution < 1.29 is 14.1 Å². The predicted octanol–water partition coefficient (Wildman–Crippen LogP) is 2.94. The minimum Gasteiger partial charge on any atom is -0.494 e. The van der Waals surface area contributed by atoms with Crippen molar-refractivity contribution in [2.45, 2.75) is 0 Å². The van der Waals surface area contributed by atoms with Crippen LogP contribution in [0.4, 0.5) is 10.1 Å². The Morgan fingerprint density at radius 3 is 2.82 bits per heavy atom. The first-order chi connectivity index (χ1) is 8.04. The smallest absolute Gasteiger partial charge is 0.306 e. The molecule has 0 N–H and O–H groups in total. The van der Waals surface area contributed by atoms with Gasteiger partial charge in [0.15, 0.2) is 0 Å². The number of halogens is 2. The lowest BCUT2D eigenvalue weighted by Gasteiger charge is -2.06. The molecule has 0 atom stereocenters. The molecule has 5 nitrogen and oxygen atoms in total. The molecule has 0 bridgehead atoms. The number of nitrogens with zero attached hydrogens (tertiary/aromatic N) is 2. The molecule has 88 valence electrons. The fraction of sp³-hybridized carbons (Fsp3) is 0.100. The van der Waals surface area contributed by atoms with Crippen molar-refractivity contribution in [3.05, 3.63) is 39.3 Å². The maximum Gasteiger partial charge on any atom is 0.306 e. The summed E-state index contributed by atoms with van der Waals surface area (Å²) in [5.41, 5.74) is -0.0867. The zero-order chi connectivity index (χ0) is 12.6. The highest BCUT2D eigenvalue weighted by Crippen LogP contribution is 2.35. The van der Waals surface area contributed by atoms with Crippen molar-refractivity contribution in [3.63, 3.8) is 0 Å². The van der Waals surface area contributed by atoms with Crippen LogP contribution in [-0.4, -0.2) is 17.0 Å². The highest BCUT2D eigenvalue weighted by Gasteiger charge is 2.18. The molecule has 0 aliphatic heterocycles. The van der Waals surface area contributed by atoms with E-state index in [0.717, 1.165) is 18.3 Å². The van der Waals surface area contributed by atoms with Gasteiger partial charge in [0.25, 0.3) is 0 Å². The van der Waals surface area contributed by atoms with E-state index in [1.165, 1.54) is 7.11 Å². The summed E-state index contributed by atoms with van der Waals surface area (Å²) in [4.78, 5) is 13.8. The van der Waals surface area contributed by atoms with Crippen LogP contribution in [0, 0.1) is 15.9 Å². The first-order valence-corrected chi connectivity index (χ1v) is 4.88. The average molecular weight is 257 g/mol. The summed E-state index contributed by atoms with van der Waals surface area (Å²) >= 11 is 5.83. The quantitative estimate of drug-likeness (QED) is 0.612. The third kappa shape index (κ3) is 1.87. The molecular weight excluding hydrogens is 251 g/mol. The Kier molecular flexibility index (Phi) is 2.81. The molecule has 0 saturated carbocycles. The van der Waals surface area contributed by atoms with Crippen molar-refractivity contribution in [2.24, 2.45) is 0 Å². The Labute approximate surface area is 99.9 Å².